The van der Waals surface area contributed by atoms with E-state index in [9.17, 15) is 0 Å². The summed E-state index contributed by atoms with van der Waals surface area (Å²) >= 11 is 0. The number of hydrogen-bond donors (Lipinski definition) is 2. The molecule has 0 saturated carbocycles. The second-order valence-electron chi connectivity index (χ2n) is 16.9. The van der Waals surface area contributed by atoms with Crippen molar-refractivity contribution in [3.05, 3.63) is 263 Å². The fraction of sp³-hybridized carbons (Fsp3) is 0.133. The van der Waals surface area contributed by atoms with Crippen molar-refractivity contribution in [1.29, 1.82) is 0 Å². The summed E-state index contributed by atoms with van der Waals surface area (Å²) in [6.07, 6.45) is 9.33. The fourth-order valence-electron chi connectivity index (χ4n) is 9.97. The summed E-state index contributed by atoms with van der Waals surface area (Å²) in [6, 6.07) is 63.1. The van der Waals surface area contributed by atoms with Crippen LogP contribution in [-0.2, 0) is 5.41 Å². The Labute approximate surface area is 377 Å². The van der Waals surface area contributed by atoms with E-state index in [4.69, 9.17) is 9.98 Å². The minimum absolute atomic E-state index is 0.0515. The van der Waals surface area contributed by atoms with Crippen molar-refractivity contribution in [2.24, 2.45) is 9.98 Å². The minimum Gasteiger partial charge on any atom is -0.366 e. The van der Waals surface area contributed by atoms with Gasteiger partial charge in [0.2, 0.25) is 0 Å². The third-order valence-electron chi connectivity index (χ3n) is 13.1. The van der Waals surface area contributed by atoms with E-state index < -0.39 is 5.41 Å². The highest BCUT2D eigenvalue weighted by Gasteiger charge is 2.51. The van der Waals surface area contributed by atoms with Gasteiger partial charge in [0, 0.05) is 28.6 Å². The molecular weight excluding hydrogens is 777 g/mol. The molecule has 1 spiro atoms. The van der Waals surface area contributed by atoms with E-state index in [1.54, 1.807) is 0 Å². The monoisotopic (exact) mass is 828 g/mol. The topological polar surface area (TPSA) is 48.8 Å². The number of aliphatic imine (C=N–C) groups is 2. The standard InChI is InChI=1S/C60H52N4/c1-5-57(45-26-14-8-15-27-45)64-58(46-28-16-9-17-29-46)63-42(4)47-34-36-55-51(38-47)52-39-48(35-37-56(52)60(55)53-32-20-18-30-49(53)50-31-19-21-33-54(50)60)59(61-40(2)43-22-10-6-11-23-43)62-41(3)44-24-12-7-13-25-44/h6-7,9-14,16-39,41,59,61-62H,2,4-5,8,15H2,1,3H3. The molecule has 0 heterocycles. The Hall–Kier alpha value is -7.40. The van der Waals surface area contributed by atoms with E-state index in [-0.39, 0.29) is 12.2 Å². The quantitative estimate of drug-likeness (QED) is 0.0732. The Bertz CT molecular complexity index is 2980. The van der Waals surface area contributed by atoms with Crippen molar-refractivity contribution in [2.45, 2.75) is 50.7 Å². The van der Waals surface area contributed by atoms with Gasteiger partial charge in [0.05, 0.1) is 11.1 Å². The van der Waals surface area contributed by atoms with Gasteiger partial charge in [-0.15, -0.1) is 0 Å². The van der Waals surface area contributed by atoms with Crippen molar-refractivity contribution >= 4 is 22.9 Å². The van der Waals surface area contributed by atoms with Crippen LogP contribution in [0.4, 0.5) is 0 Å². The summed E-state index contributed by atoms with van der Waals surface area (Å²) in [6.45, 7) is 13.5. The number of amidine groups is 1. The molecule has 0 aromatic heterocycles. The van der Waals surface area contributed by atoms with Crippen LogP contribution in [0.2, 0.25) is 0 Å². The Morgan fingerprint density at radius 1 is 0.578 bits per heavy atom. The van der Waals surface area contributed by atoms with Gasteiger partial charge in [0.15, 0.2) is 5.84 Å². The van der Waals surface area contributed by atoms with Crippen LogP contribution in [0.5, 0.6) is 0 Å². The van der Waals surface area contributed by atoms with Crippen molar-refractivity contribution in [3.8, 4) is 22.3 Å². The summed E-state index contributed by atoms with van der Waals surface area (Å²) in [5.74, 6) is 0.659. The Balaban J connectivity index is 1.14. The van der Waals surface area contributed by atoms with Gasteiger partial charge in [-0.25, -0.2) is 9.98 Å². The zero-order chi connectivity index (χ0) is 43.6. The number of nitrogens with zero attached hydrogens (tertiary/aromatic N) is 2. The summed E-state index contributed by atoms with van der Waals surface area (Å²) in [4.78, 5) is 10.5. The van der Waals surface area contributed by atoms with Crippen LogP contribution in [0.25, 0.3) is 33.6 Å². The number of fused-ring (bicyclic) bond motifs is 10. The summed E-state index contributed by atoms with van der Waals surface area (Å²) < 4.78 is 0. The molecule has 10 rings (SSSR count). The van der Waals surface area contributed by atoms with E-state index >= 15 is 0 Å². The molecule has 0 bridgehead atoms. The number of allylic oxidation sites excluding steroid dienone is 4. The lowest BCUT2D eigenvalue weighted by Crippen LogP contribution is -2.35. The van der Waals surface area contributed by atoms with E-state index in [1.807, 2.05) is 24.3 Å². The summed E-state index contributed by atoms with van der Waals surface area (Å²) in [5, 5.41) is 7.75. The van der Waals surface area contributed by atoms with Crippen molar-refractivity contribution in [3.63, 3.8) is 0 Å². The second-order valence-corrected chi connectivity index (χ2v) is 16.9. The molecule has 0 amide bonds. The predicted octanol–water partition coefficient (Wildman–Crippen LogP) is 14.2. The third kappa shape index (κ3) is 7.30. The van der Waals surface area contributed by atoms with Crippen molar-refractivity contribution < 1.29 is 0 Å². The van der Waals surface area contributed by atoms with Gasteiger partial charge >= 0.3 is 0 Å². The predicted molar refractivity (Wildman–Crippen MR) is 268 cm³/mol. The Kier molecular flexibility index (Phi) is 11.1. The van der Waals surface area contributed by atoms with Crippen molar-refractivity contribution in [1.82, 2.24) is 10.6 Å². The molecule has 3 aliphatic rings. The number of nitrogens with one attached hydrogen (secondary N) is 2. The maximum atomic E-state index is 5.26. The SMILES string of the molecule is C=C(N=C(N=C(CC)C1=CCCC=C1)c1ccccc1)c1ccc2c(c1)-c1cc(C(NC(=C)c3ccccc3)NC(C)c3ccccc3)ccc1C21c2ccccc2-c2ccccc21. The van der Waals surface area contributed by atoms with E-state index in [0.29, 0.717) is 11.5 Å². The van der Waals surface area contributed by atoms with Gasteiger partial charge < -0.3 is 5.32 Å². The van der Waals surface area contributed by atoms with Gasteiger partial charge in [-0.2, -0.15) is 0 Å². The molecule has 2 atom stereocenters. The van der Waals surface area contributed by atoms with Gasteiger partial charge in [-0.1, -0.05) is 202 Å². The second kappa shape index (κ2) is 17.4. The largest absolute Gasteiger partial charge is 0.366 e. The van der Waals surface area contributed by atoms with Crippen LogP contribution in [0.3, 0.4) is 0 Å². The lowest BCUT2D eigenvalue weighted by Gasteiger charge is -2.31. The molecule has 2 N–H and O–H groups in total. The Morgan fingerprint density at radius 2 is 1.16 bits per heavy atom. The average molecular weight is 829 g/mol. The van der Waals surface area contributed by atoms with Crippen LogP contribution < -0.4 is 10.6 Å². The lowest BCUT2D eigenvalue weighted by molar-refractivity contribution is 0.440. The van der Waals surface area contributed by atoms with E-state index in [1.165, 1.54) is 55.6 Å². The molecule has 0 fully saturated rings. The maximum Gasteiger partial charge on any atom is 0.160 e. The zero-order valence-corrected chi connectivity index (χ0v) is 36.6. The molecule has 3 aliphatic carbocycles. The number of rotatable bonds is 12. The summed E-state index contributed by atoms with van der Waals surface area (Å²) in [7, 11) is 0. The minimum atomic E-state index is -0.502. The van der Waals surface area contributed by atoms with Crippen LogP contribution in [0, 0.1) is 0 Å². The highest BCUT2D eigenvalue weighted by molar-refractivity contribution is 6.14. The molecule has 4 nitrogen and oxygen atoms in total. The molecule has 0 radical (unpaired) electrons. The molecule has 0 aliphatic heterocycles. The molecule has 4 heteroatoms. The number of hydrogen-bond acceptors (Lipinski definition) is 3. The molecular formula is C60H52N4. The van der Waals surface area contributed by atoms with Gasteiger partial charge in [0.1, 0.15) is 6.17 Å². The van der Waals surface area contributed by atoms with E-state index in [0.717, 1.165) is 52.9 Å². The molecule has 7 aromatic rings. The average Bonchev–Trinajstić information content (AvgIpc) is 3.82. The lowest BCUT2D eigenvalue weighted by atomic mass is 9.70. The highest BCUT2D eigenvalue weighted by atomic mass is 15.1. The van der Waals surface area contributed by atoms with E-state index in [2.05, 4.69) is 208 Å². The first kappa shape index (κ1) is 40.7. The molecule has 0 saturated heterocycles. The van der Waals surface area contributed by atoms with Crippen LogP contribution in [-0.4, -0.2) is 11.5 Å². The normalized spacial score (nSPS) is 15.4. The van der Waals surface area contributed by atoms with Crippen LogP contribution in [0.1, 0.15) is 95.4 Å². The first-order valence-electron chi connectivity index (χ1n) is 22.5. The zero-order valence-electron chi connectivity index (χ0n) is 36.6. The van der Waals surface area contributed by atoms with Crippen LogP contribution >= 0.6 is 0 Å². The summed E-state index contributed by atoms with van der Waals surface area (Å²) in [5.41, 5.74) is 18.5. The van der Waals surface area contributed by atoms with Gasteiger partial charge in [-0.3, -0.25) is 5.32 Å². The first-order valence-corrected chi connectivity index (χ1v) is 22.5. The molecule has 312 valence electrons. The highest BCUT2D eigenvalue weighted by Crippen LogP contribution is 2.63. The van der Waals surface area contributed by atoms with Gasteiger partial charge in [0.25, 0.3) is 0 Å². The smallest absolute Gasteiger partial charge is 0.160 e. The molecule has 64 heavy (non-hydrogen) atoms. The first-order chi connectivity index (χ1) is 31.4. The number of benzene rings is 7. The van der Waals surface area contributed by atoms with Gasteiger partial charge in [-0.05, 0) is 105 Å². The maximum absolute atomic E-state index is 5.26. The molecule has 2 unspecified atom stereocenters. The third-order valence-corrected chi connectivity index (χ3v) is 13.1. The van der Waals surface area contributed by atoms with Crippen LogP contribution in [0.15, 0.2) is 223 Å². The molecule has 7 aromatic carbocycles. The fourth-order valence-corrected chi connectivity index (χ4v) is 9.97. The van der Waals surface area contributed by atoms with Crippen molar-refractivity contribution in [2.75, 3.05) is 0 Å². The Morgan fingerprint density at radius 3 is 1.80 bits per heavy atom.